The quantitative estimate of drug-likeness (QED) is 0.649. The van der Waals surface area contributed by atoms with Gasteiger partial charge in [-0.3, -0.25) is 10.1 Å². The molecule has 0 aliphatic rings. The predicted molar refractivity (Wildman–Crippen MR) is 82.7 cm³/mol. The van der Waals surface area contributed by atoms with E-state index in [0.29, 0.717) is 10.2 Å². The first-order valence-corrected chi connectivity index (χ1v) is 7.08. The summed E-state index contributed by atoms with van der Waals surface area (Å²) in [5, 5.41) is 20.6. The lowest BCUT2D eigenvalue weighted by Crippen LogP contribution is -1.96. The molecule has 0 spiro atoms. The molecule has 0 aromatic heterocycles. The van der Waals surface area contributed by atoms with Gasteiger partial charge in [0.2, 0.25) is 5.75 Å². The van der Waals surface area contributed by atoms with Crippen molar-refractivity contribution < 1.29 is 14.8 Å². The van der Waals surface area contributed by atoms with Crippen molar-refractivity contribution in [3.05, 3.63) is 62.1 Å². The topological polar surface area (TPSA) is 72.6 Å². The van der Waals surface area contributed by atoms with E-state index in [1.807, 2.05) is 0 Å². The van der Waals surface area contributed by atoms with Gasteiger partial charge in [0.05, 0.1) is 15.5 Å². The SMILES string of the molecule is Cc1ccc(Oc2ccc([C@@H](C)O)cc2Br)c([N+](=O)[O-])c1. The summed E-state index contributed by atoms with van der Waals surface area (Å²) in [6, 6.07) is 9.89. The second kappa shape index (κ2) is 6.24. The molecule has 2 aromatic rings. The van der Waals surface area contributed by atoms with Crippen LogP contribution in [0, 0.1) is 17.0 Å². The summed E-state index contributed by atoms with van der Waals surface area (Å²) in [7, 11) is 0. The lowest BCUT2D eigenvalue weighted by molar-refractivity contribution is -0.385. The average molecular weight is 352 g/mol. The highest BCUT2D eigenvalue weighted by Gasteiger charge is 2.17. The van der Waals surface area contributed by atoms with Crippen LogP contribution in [0.4, 0.5) is 5.69 Å². The standard InChI is InChI=1S/C15H14BrNO4/c1-9-3-5-15(13(7-9)17(19)20)21-14-6-4-11(10(2)18)8-12(14)16/h3-8,10,18H,1-2H3/t10-/m1/s1. The average Bonchev–Trinajstić information content (AvgIpc) is 2.42. The van der Waals surface area contributed by atoms with Gasteiger partial charge < -0.3 is 9.84 Å². The minimum atomic E-state index is -0.593. The van der Waals surface area contributed by atoms with Gasteiger partial charge in [-0.2, -0.15) is 0 Å². The van der Waals surface area contributed by atoms with E-state index in [2.05, 4.69) is 15.9 Å². The molecular formula is C15H14BrNO4. The second-order valence-corrected chi connectivity index (χ2v) is 5.55. The summed E-state index contributed by atoms with van der Waals surface area (Å²) in [5.74, 6) is 0.627. The third kappa shape index (κ3) is 3.59. The first-order valence-electron chi connectivity index (χ1n) is 6.29. The van der Waals surface area contributed by atoms with Gasteiger partial charge in [0, 0.05) is 6.07 Å². The van der Waals surface area contributed by atoms with Crippen LogP contribution in [-0.4, -0.2) is 10.0 Å². The van der Waals surface area contributed by atoms with Crippen molar-refractivity contribution >= 4 is 21.6 Å². The maximum atomic E-state index is 11.1. The molecule has 0 amide bonds. The number of nitrogens with zero attached hydrogens (tertiary/aromatic N) is 1. The third-order valence-corrected chi connectivity index (χ3v) is 3.59. The maximum Gasteiger partial charge on any atom is 0.311 e. The van der Waals surface area contributed by atoms with Crippen molar-refractivity contribution in [2.24, 2.45) is 0 Å². The zero-order valence-electron chi connectivity index (χ0n) is 11.5. The number of ether oxygens (including phenoxy) is 1. The van der Waals surface area contributed by atoms with E-state index in [1.54, 1.807) is 44.2 Å². The van der Waals surface area contributed by atoms with Crippen LogP contribution in [0.15, 0.2) is 40.9 Å². The monoisotopic (exact) mass is 351 g/mol. The molecule has 2 rings (SSSR count). The fourth-order valence-electron chi connectivity index (χ4n) is 1.83. The molecule has 0 bridgehead atoms. The smallest absolute Gasteiger partial charge is 0.311 e. The number of nitro groups is 1. The number of aliphatic hydroxyl groups excluding tert-OH is 1. The Hall–Kier alpha value is -1.92. The van der Waals surface area contributed by atoms with Gasteiger partial charge in [0.15, 0.2) is 0 Å². The highest BCUT2D eigenvalue weighted by molar-refractivity contribution is 9.10. The van der Waals surface area contributed by atoms with Crippen molar-refractivity contribution in [2.45, 2.75) is 20.0 Å². The van der Waals surface area contributed by atoms with E-state index >= 15 is 0 Å². The number of hydrogen-bond donors (Lipinski definition) is 1. The van der Waals surface area contributed by atoms with E-state index in [1.165, 1.54) is 6.07 Å². The summed E-state index contributed by atoms with van der Waals surface area (Å²) in [6.45, 7) is 3.44. The van der Waals surface area contributed by atoms with Gasteiger partial charge >= 0.3 is 5.69 Å². The van der Waals surface area contributed by atoms with E-state index in [9.17, 15) is 15.2 Å². The summed E-state index contributed by atoms with van der Waals surface area (Å²) in [4.78, 5) is 10.6. The zero-order chi connectivity index (χ0) is 15.6. The Morgan fingerprint density at radius 2 is 1.90 bits per heavy atom. The van der Waals surface area contributed by atoms with Crippen LogP contribution in [0.1, 0.15) is 24.2 Å². The molecule has 0 unspecified atom stereocenters. The molecule has 2 aromatic carbocycles. The van der Waals surface area contributed by atoms with Gasteiger partial charge in [0.25, 0.3) is 0 Å². The van der Waals surface area contributed by atoms with Crippen molar-refractivity contribution in [3.8, 4) is 11.5 Å². The van der Waals surface area contributed by atoms with Crippen LogP contribution >= 0.6 is 15.9 Å². The van der Waals surface area contributed by atoms with Crippen molar-refractivity contribution in [1.82, 2.24) is 0 Å². The van der Waals surface area contributed by atoms with Gasteiger partial charge in [-0.1, -0.05) is 12.1 Å². The van der Waals surface area contributed by atoms with E-state index in [0.717, 1.165) is 11.1 Å². The number of benzene rings is 2. The Balaban J connectivity index is 2.37. The van der Waals surface area contributed by atoms with Crippen LogP contribution in [0.3, 0.4) is 0 Å². The molecule has 1 N–H and O–H groups in total. The molecular weight excluding hydrogens is 338 g/mol. The summed E-state index contributed by atoms with van der Waals surface area (Å²) < 4.78 is 6.24. The second-order valence-electron chi connectivity index (χ2n) is 4.70. The number of hydrogen-bond acceptors (Lipinski definition) is 4. The molecule has 5 nitrogen and oxygen atoms in total. The van der Waals surface area contributed by atoms with Gasteiger partial charge in [-0.15, -0.1) is 0 Å². The third-order valence-electron chi connectivity index (χ3n) is 2.97. The Bertz CT molecular complexity index is 685. The molecule has 6 heteroatoms. The minimum Gasteiger partial charge on any atom is -0.449 e. The van der Waals surface area contributed by atoms with Crippen molar-refractivity contribution in [1.29, 1.82) is 0 Å². The molecule has 0 saturated carbocycles. The fraction of sp³-hybridized carbons (Fsp3) is 0.200. The van der Waals surface area contributed by atoms with Gasteiger partial charge in [-0.25, -0.2) is 0 Å². The van der Waals surface area contributed by atoms with Crippen molar-refractivity contribution in [2.75, 3.05) is 0 Å². The van der Waals surface area contributed by atoms with E-state index in [4.69, 9.17) is 4.74 Å². The summed E-state index contributed by atoms with van der Waals surface area (Å²) in [6.07, 6.45) is -0.593. The highest BCUT2D eigenvalue weighted by atomic mass is 79.9. The lowest BCUT2D eigenvalue weighted by atomic mass is 10.1. The van der Waals surface area contributed by atoms with Gasteiger partial charge in [-0.05, 0) is 59.1 Å². The first-order chi connectivity index (χ1) is 9.88. The van der Waals surface area contributed by atoms with Crippen LogP contribution in [-0.2, 0) is 0 Å². The number of rotatable bonds is 4. The predicted octanol–water partition coefficient (Wildman–Crippen LogP) is 4.51. The summed E-state index contributed by atoms with van der Waals surface area (Å²) >= 11 is 3.34. The van der Waals surface area contributed by atoms with E-state index < -0.39 is 11.0 Å². The molecule has 0 saturated heterocycles. The molecule has 0 fully saturated rings. The highest BCUT2D eigenvalue weighted by Crippen LogP contribution is 2.36. The van der Waals surface area contributed by atoms with Crippen LogP contribution in [0.25, 0.3) is 0 Å². The van der Waals surface area contributed by atoms with Crippen LogP contribution in [0.5, 0.6) is 11.5 Å². The summed E-state index contributed by atoms with van der Waals surface area (Å²) in [5.41, 5.74) is 1.44. The Morgan fingerprint density at radius 3 is 2.48 bits per heavy atom. The number of halogens is 1. The number of aryl methyl sites for hydroxylation is 1. The Kier molecular flexibility index (Phi) is 4.59. The maximum absolute atomic E-state index is 11.1. The minimum absolute atomic E-state index is 0.0819. The molecule has 0 aliphatic carbocycles. The molecule has 0 radical (unpaired) electrons. The molecule has 0 heterocycles. The number of aliphatic hydroxyl groups is 1. The molecule has 110 valence electrons. The fourth-order valence-corrected chi connectivity index (χ4v) is 2.31. The Morgan fingerprint density at radius 1 is 1.24 bits per heavy atom. The largest absolute Gasteiger partial charge is 0.449 e. The normalized spacial score (nSPS) is 12.0. The van der Waals surface area contributed by atoms with Crippen molar-refractivity contribution in [3.63, 3.8) is 0 Å². The van der Waals surface area contributed by atoms with E-state index in [-0.39, 0.29) is 11.4 Å². The Labute approximate surface area is 130 Å². The zero-order valence-corrected chi connectivity index (χ0v) is 13.1. The van der Waals surface area contributed by atoms with Crippen LogP contribution < -0.4 is 4.74 Å². The number of nitro benzene ring substituents is 1. The molecule has 1 atom stereocenters. The van der Waals surface area contributed by atoms with Gasteiger partial charge in [0.1, 0.15) is 5.75 Å². The van der Waals surface area contributed by atoms with Crippen LogP contribution in [0.2, 0.25) is 0 Å². The molecule has 21 heavy (non-hydrogen) atoms. The lowest BCUT2D eigenvalue weighted by Gasteiger charge is -2.11. The molecule has 0 aliphatic heterocycles. The first kappa shape index (κ1) is 15.5.